The maximum atomic E-state index is 12.3. The normalized spacial score (nSPS) is 13.9. The minimum Gasteiger partial charge on any atom is -0.378 e. The molecule has 8 heteroatoms. The number of carbonyl (C=O) groups excluding carboxylic acids is 2. The van der Waals surface area contributed by atoms with Crippen LogP contribution in [0, 0.1) is 6.92 Å². The topological polar surface area (TPSA) is 73.9 Å². The van der Waals surface area contributed by atoms with E-state index in [0.29, 0.717) is 10.7 Å². The number of anilines is 3. The Morgan fingerprint density at radius 2 is 1.67 bits per heavy atom. The highest BCUT2D eigenvalue weighted by atomic mass is 35.5. The van der Waals surface area contributed by atoms with Crippen molar-refractivity contribution in [2.24, 2.45) is 0 Å². The summed E-state index contributed by atoms with van der Waals surface area (Å²) in [5, 5.41) is 6.30. The lowest BCUT2D eigenvalue weighted by Gasteiger charge is -2.28. The molecule has 0 atom stereocenters. The van der Waals surface area contributed by atoms with Gasteiger partial charge in [-0.15, -0.1) is 0 Å². The fraction of sp³-hybridized carbons (Fsp3) is 0.364. The predicted molar refractivity (Wildman–Crippen MR) is 120 cm³/mol. The zero-order chi connectivity index (χ0) is 21.5. The van der Waals surface area contributed by atoms with Gasteiger partial charge >= 0.3 is 0 Å². The molecule has 2 amide bonds. The van der Waals surface area contributed by atoms with Gasteiger partial charge in [-0.1, -0.05) is 17.7 Å². The number of likely N-dealkylation sites (N-methyl/N-ethyl adjacent to an activating group) is 1. The average Bonchev–Trinajstić information content (AvgIpc) is 2.72. The Labute approximate surface area is 181 Å². The summed E-state index contributed by atoms with van der Waals surface area (Å²) >= 11 is 6.08. The monoisotopic (exact) mass is 430 g/mol. The second kappa shape index (κ2) is 10.4. The summed E-state index contributed by atoms with van der Waals surface area (Å²) in [5.41, 5.74) is 3.32. The number of nitrogens with one attached hydrogen (secondary N) is 2. The molecule has 0 aromatic heterocycles. The van der Waals surface area contributed by atoms with Crippen molar-refractivity contribution in [3.05, 3.63) is 53.1 Å². The van der Waals surface area contributed by atoms with Crippen LogP contribution in [-0.4, -0.2) is 63.2 Å². The van der Waals surface area contributed by atoms with E-state index in [2.05, 4.69) is 15.5 Å². The molecule has 2 aromatic rings. The minimum atomic E-state index is -0.203. The lowest BCUT2D eigenvalue weighted by atomic mass is 10.2. The Morgan fingerprint density at radius 3 is 2.33 bits per heavy atom. The zero-order valence-corrected chi connectivity index (χ0v) is 18.0. The molecule has 2 N–H and O–H groups in total. The van der Waals surface area contributed by atoms with Crippen molar-refractivity contribution in [3.8, 4) is 0 Å². The van der Waals surface area contributed by atoms with Crippen molar-refractivity contribution in [1.82, 2.24) is 4.90 Å². The van der Waals surface area contributed by atoms with Crippen molar-refractivity contribution >= 4 is 40.5 Å². The molecule has 1 aliphatic heterocycles. The Morgan fingerprint density at radius 1 is 1.03 bits per heavy atom. The molecule has 1 heterocycles. The third-order valence-electron chi connectivity index (χ3n) is 4.90. The van der Waals surface area contributed by atoms with Gasteiger partial charge in [0, 0.05) is 35.2 Å². The maximum absolute atomic E-state index is 12.3. The summed E-state index contributed by atoms with van der Waals surface area (Å²) in [5.74, 6) is -0.381. The fourth-order valence-corrected chi connectivity index (χ4v) is 3.43. The fourth-order valence-electron chi connectivity index (χ4n) is 3.26. The molecular weight excluding hydrogens is 404 g/mol. The predicted octanol–water partition coefficient (Wildman–Crippen LogP) is 2.99. The zero-order valence-electron chi connectivity index (χ0n) is 17.3. The number of ether oxygens (including phenoxy) is 1. The molecule has 1 saturated heterocycles. The van der Waals surface area contributed by atoms with Gasteiger partial charge in [0.1, 0.15) is 0 Å². The second-order valence-electron chi connectivity index (χ2n) is 7.33. The van der Waals surface area contributed by atoms with Crippen molar-refractivity contribution in [3.63, 3.8) is 0 Å². The van der Waals surface area contributed by atoms with Gasteiger partial charge in [0.2, 0.25) is 11.8 Å². The molecule has 7 nitrogen and oxygen atoms in total. The Balaban J connectivity index is 1.45. The van der Waals surface area contributed by atoms with E-state index in [1.165, 1.54) is 0 Å². The van der Waals surface area contributed by atoms with Crippen molar-refractivity contribution in [2.75, 3.05) is 62.0 Å². The van der Waals surface area contributed by atoms with Gasteiger partial charge in [-0.3, -0.25) is 14.5 Å². The molecule has 1 aliphatic rings. The largest absolute Gasteiger partial charge is 0.378 e. The number of benzene rings is 2. The van der Waals surface area contributed by atoms with E-state index in [9.17, 15) is 9.59 Å². The Kier molecular flexibility index (Phi) is 7.68. The summed E-state index contributed by atoms with van der Waals surface area (Å²) in [6, 6.07) is 13.1. The lowest BCUT2D eigenvalue weighted by Crippen LogP contribution is -2.36. The van der Waals surface area contributed by atoms with Crippen LogP contribution in [0.5, 0.6) is 0 Å². The van der Waals surface area contributed by atoms with Crippen LogP contribution in [0.1, 0.15) is 5.56 Å². The van der Waals surface area contributed by atoms with E-state index in [-0.39, 0.29) is 24.9 Å². The number of hydrogen-bond acceptors (Lipinski definition) is 5. The highest BCUT2D eigenvalue weighted by Crippen LogP contribution is 2.23. The van der Waals surface area contributed by atoms with Crippen LogP contribution >= 0.6 is 11.6 Å². The maximum Gasteiger partial charge on any atom is 0.238 e. The molecular formula is C22H27ClN4O3. The van der Waals surface area contributed by atoms with Crippen LogP contribution < -0.4 is 15.5 Å². The number of morpholine rings is 1. The first kappa shape index (κ1) is 22.1. The first-order valence-corrected chi connectivity index (χ1v) is 10.3. The molecule has 0 bridgehead atoms. The van der Waals surface area contributed by atoms with E-state index in [1.54, 1.807) is 30.1 Å². The standard InChI is InChI=1S/C22H27ClN4O3/c1-16-19(23)4-3-5-20(16)25-22(29)15-26(2)14-21(28)24-17-6-8-18(9-7-17)27-10-12-30-13-11-27/h3-9H,10-15H2,1-2H3,(H,24,28)(H,25,29). The highest BCUT2D eigenvalue weighted by Gasteiger charge is 2.14. The molecule has 1 fully saturated rings. The quantitative estimate of drug-likeness (QED) is 0.706. The number of halogens is 1. The average molecular weight is 431 g/mol. The van der Waals surface area contributed by atoms with Gasteiger partial charge in [-0.05, 0) is 55.9 Å². The van der Waals surface area contributed by atoms with Crippen LogP contribution in [0.4, 0.5) is 17.1 Å². The summed E-state index contributed by atoms with van der Waals surface area (Å²) in [6.45, 7) is 5.24. The van der Waals surface area contributed by atoms with E-state index < -0.39 is 0 Å². The molecule has 0 unspecified atom stereocenters. The molecule has 30 heavy (non-hydrogen) atoms. The molecule has 2 aromatic carbocycles. The van der Waals surface area contributed by atoms with Gasteiger partial charge in [-0.25, -0.2) is 0 Å². The molecule has 0 spiro atoms. The summed E-state index contributed by atoms with van der Waals surface area (Å²) < 4.78 is 5.37. The van der Waals surface area contributed by atoms with Gasteiger partial charge in [0.05, 0.1) is 26.3 Å². The van der Waals surface area contributed by atoms with E-state index in [4.69, 9.17) is 16.3 Å². The van der Waals surface area contributed by atoms with E-state index in [0.717, 1.165) is 43.2 Å². The molecule has 0 aliphatic carbocycles. The number of carbonyl (C=O) groups is 2. The van der Waals surface area contributed by atoms with Crippen molar-refractivity contribution in [2.45, 2.75) is 6.92 Å². The third kappa shape index (κ3) is 6.19. The van der Waals surface area contributed by atoms with Crippen LogP contribution in [0.2, 0.25) is 5.02 Å². The van der Waals surface area contributed by atoms with Gasteiger partial charge in [-0.2, -0.15) is 0 Å². The van der Waals surface area contributed by atoms with Crippen LogP contribution in [0.25, 0.3) is 0 Å². The molecule has 0 saturated carbocycles. The third-order valence-corrected chi connectivity index (χ3v) is 5.31. The number of hydrogen-bond donors (Lipinski definition) is 2. The van der Waals surface area contributed by atoms with Crippen molar-refractivity contribution < 1.29 is 14.3 Å². The van der Waals surface area contributed by atoms with Crippen LogP contribution in [0.15, 0.2) is 42.5 Å². The summed E-state index contributed by atoms with van der Waals surface area (Å²) in [4.78, 5) is 28.5. The van der Waals surface area contributed by atoms with Crippen molar-refractivity contribution in [1.29, 1.82) is 0 Å². The van der Waals surface area contributed by atoms with Crippen LogP contribution in [-0.2, 0) is 14.3 Å². The smallest absolute Gasteiger partial charge is 0.238 e. The number of nitrogens with zero attached hydrogens (tertiary/aromatic N) is 2. The second-order valence-corrected chi connectivity index (χ2v) is 7.73. The molecule has 0 radical (unpaired) electrons. The lowest BCUT2D eigenvalue weighted by molar-refractivity contribution is -0.119. The molecule has 3 rings (SSSR count). The van der Waals surface area contributed by atoms with Gasteiger partial charge in [0.25, 0.3) is 0 Å². The van der Waals surface area contributed by atoms with Gasteiger partial charge < -0.3 is 20.3 Å². The van der Waals surface area contributed by atoms with Gasteiger partial charge in [0.15, 0.2) is 0 Å². The van der Waals surface area contributed by atoms with Crippen LogP contribution in [0.3, 0.4) is 0 Å². The summed E-state index contributed by atoms with van der Waals surface area (Å²) in [6.07, 6.45) is 0. The first-order valence-electron chi connectivity index (χ1n) is 9.88. The Bertz CT molecular complexity index is 882. The SMILES string of the molecule is Cc1c(Cl)cccc1NC(=O)CN(C)CC(=O)Nc1ccc(N2CCOCC2)cc1. The molecule has 160 valence electrons. The van der Waals surface area contributed by atoms with E-state index in [1.807, 2.05) is 31.2 Å². The first-order chi connectivity index (χ1) is 14.4. The highest BCUT2D eigenvalue weighted by molar-refractivity contribution is 6.31. The number of rotatable bonds is 7. The minimum absolute atomic E-state index is 0.0926. The summed E-state index contributed by atoms with van der Waals surface area (Å²) in [7, 11) is 1.73. The van der Waals surface area contributed by atoms with E-state index >= 15 is 0 Å². The Hall–Kier alpha value is -2.61. The number of amides is 2.